The Morgan fingerprint density at radius 1 is 1.45 bits per heavy atom. The van der Waals surface area contributed by atoms with Crippen molar-refractivity contribution < 1.29 is 13.9 Å². The lowest BCUT2D eigenvalue weighted by atomic mass is 10.1. The minimum atomic E-state index is -0.473. The van der Waals surface area contributed by atoms with E-state index in [1.165, 1.54) is 12.1 Å². The van der Waals surface area contributed by atoms with Gasteiger partial charge in [-0.05, 0) is 31.5 Å². The van der Waals surface area contributed by atoms with Crippen LogP contribution in [0.2, 0.25) is 0 Å². The fourth-order valence-corrected chi connectivity index (χ4v) is 1.84. The highest BCUT2D eigenvalue weighted by Gasteiger charge is 2.13. The van der Waals surface area contributed by atoms with Gasteiger partial charge in [-0.2, -0.15) is 5.26 Å². The van der Waals surface area contributed by atoms with Crippen LogP contribution in [0.5, 0.6) is 0 Å². The Bertz CT molecular complexity index is 692. The first-order chi connectivity index (χ1) is 9.61. The van der Waals surface area contributed by atoms with Crippen LogP contribution in [0.1, 0.15) is 28.9 Å². The second-order valence-electron chi connectivity index (χ2n) is 4.36. The van der Waals surface area contributed by atoms with Crippen LogP contribution in [0.4, 0.5) is 4.39 Å². The average Bonchev–Trinajstić information content (AvgIpc) is 2.42. The van der Waals surface area contributed by atoms with Crippen LogP contribution < -0.4 is 0 Å². The average molecular weight is 272 g/mol. The highest BCUT2D eigenvalue weighted by molar-refractivity contribution is 5.95. The van der Waals surface area contributed by atoms with Crippen LogP contribution in [0.15, 0.2) is 24.3 Å². The second-order valence-corrected chi connectivity index (χ2v) is 4.36. The minimum absolute atomic E-state index is 0.202. The fourth-order valence-electron chi connectivity index (χ4n) is 1.84. The summed E-state index contributed by atoms with van der Waals surface area (Å²) in [6, 6.07) is 7.84. The summed E-state index contributed by atoms with van der Waals surface area (Å²) >= 11 is 0. The van der Waals surface area contributed by atoms with Crippen molar-refractivity contribution in [3.63, 3.8) is 0 Å². The molecule has 0 aliphatic rings. The molecule has 0 bridgehead atoms. The van der Waals surface area contributed by atoms with Crippen molar-refractivity contribution in [2.75, 3.05) is 6.61 Å². The number of halogens is 1. The Morgan fingerprint density at radius 2 is 2.25 bits per heavy atom. The van der Waals surface area contributed by atoms with Crippen molar-refractivity contribution in [3.8, 4) is 6.07 Å². The molecule has 0 aliphatic heterocycles. The summed E-state index contributed by atoms with van der Waals surface area (Å²) in [6.45, 7) is 1.88. The Labute approximate surface area is 115 Å². The van der Waals surface area contributed by atoms with Crippen molar-refractivity contribution in [1.29, 1.82) is 5.26 Å². The number of ether oxygens (including phenoxy) is 1. The largest absolute Gasteiger partial charge is 0.462 e. The maximum Gasteiger partial charge on any atom is 0.339 e. The molecule has 102 valence electrons. The number of nitrogens with zero attached hydrogens (tertiary/aromatic N) is 2. The Kier molecular flexibility index (Phi) is 4.26. The standard InChI is InChI=1S/C15H13FN2O2/c1-10-13(15(19)20-7-3-2-6-17)8-11-4-5-12(16)9-14(11)18-10/h4-5,8-9H,2-3,7H2,1H3. The van der Waals surface area contributed by atoms with Crippen molar-refractivity contribution >= 4 is 16.9 Å². The van der Waals surface area contributed by atoms with Crippen molar-refractivity contribution in [3.05, 3.63) is 41.3 Å². The number of rotatable bonds is 4. The molecule has 0 aliphatic carbocycles. The zero-order valence-corrected chi connectivity index (χ0v) is 11.0. The number of hydrogen-bond donors (Lipinski definition) is 0. The van der Waals surface area contributed by atoms with Gasteiger partial charge in [-0.1, -0.05) is 0 Å². The summed E-state index contributed by atoms with van der Waals surface area (Å²) in [7, 11) is 0. The van der Waals surface area contributed by atoms with E-state index in [-0.39, 0.29) is 12.4 Å². The quantitative estimate of drug-likeness (QED) is 0.633. The predicted octanol–water partition coefficient (Wildman–Crippen LogP) is 3.14. The van der Waals surface area contributed by atoms with Gasteiger partial charge in [0.25, 0.3) is 0 Å². The number of aryl methyl sites for hydroxylation is 1. The molecule has 1 heterocycles. The number of carbonyl (C=O) groups excluding carboxylic acids is 1. The summed E-state index contributed by atoms with van der Waals surface area (Å²) in [5.41, 5.74) is 1.36. The molecule has 2 aromatic rings. The van der Waals surface area contributed by atoms with Gasteiger partial charge in [0.15, 0.2) is 0 Å². The lowest BCUT2D eigenvalue weighted by molar-refractivity contribution is 0.0500. The van der Waals surface area contributed by atoms with E-state index in [2.05, 4.69) is 4.98 Å². The molecule has 1 aromatic heterocycles. The van der Waals surface area contributed by atoms with E-state index in [1.54, 1.807) is 19.1 Å². The number of aromatic nitrogens is 1. The zero-order valence-electron chi connectivity index (χ0n) is 11.0. The number of hydrogen-bond acceptors (Lipinski definition) is 4. The SMILES string of the molecule is Cc1nc2cc(F)ccc2cc1C(=O)OCCCC#N. The maximum atomic E-state index is 13.1. The summed E-state index contributed by atoms with van der Waals surface area (Å²) in [6.07, 6.45) is 0.856. The molecule has 0 amide bonds. The molecule has 0 N–H and O–H groups in total. The van der Waals surface area contributed by atoms with Gasteiger partial charge in [-0.15, -0.1) is 0 Å². The Morgan fingerprint density at radius 3 is 3.00 bits per heavy atom. The molecule has 0 spiro atoms. The number of esters is 1. The highest BCUT2D eigenvalue weighted by atomic mass is 19.1. The molecular formula is C15H13FN2O2. The predicted molar refractivity (Wildman–Crippen MR) is 71.6 cm³/mol. The number of pyridine rings is 1. The Balaban J connectivity index is 2.21. The van der Waals surface area contributed by atoms with Crippen molar-refractivity contribution in [2.45, 2.75) is 19.8 Å². The van der Waals surface area contributed by atoms with Gasteiger partial charge in [-0.3, -0.25) is 4.98 Å². The molecule has 0 atom stereocenters. The lowest BCUT2D eigenvalue weighted by Crippen LogP contribution is -2.09. The molecule has 0 radical (unpaired) electrons. The number of unbranched alkanes of at least 4 members (excludes halogenated alkanes) is 1. The van der Waals surface area contributed by atoms with E-state index in [4.69, 9.17) is 10.00 Å². The van der Waals surface area contributed by atoms with Gasteiger partial charge in [0.1, 0.15) is 5.82 Å². The maximum absolute atomic E-state index is 13.1. The van der Waals surface area contributed by atoms with Gasteiger partial charge in [0.05, 0.1) is 29.5 Å². The van der Waals surface area contributed by atoms with Crippen LogP contribution in [-0.4, -0.2) is 17.6 Å². The highest BCUT2D eigenvalue weighted by Crippen LogP contribution is 2.18. The molecule has 0 unspecified atom stereocenters. The number of fused-ring (bicyclic) bond motifs is 1. The third-order valence-corrected chi connectivity index (χ3v) is 2.86. The van der Waals surface area contributed by atoms with Crippen LogP contribution in [0.3, 0.4) is 0 Å². The van der Waals surface area contributed by atoms with E-state index in [9.17, 15) is 9.18 Å². The van der Waals surface area contributed by atoms with Gasteiger partial charge in [0, 0.05) is 17.9 Å². The van der Waals surface area contributed by atoms with E-state index in [1.807, 2.05) is 6.07 Å². The summed E-state index contributed by atoms with van der Waals surface area (Å²) in [5.74, 6) is -0.838. The van der Waals surface area contributed by atoms with Gasteiger partial charge < -0.3 is 4.74 Å². The summed E-state index contributed by atoms with van der Waals surface area (Å²) in [5, 5.41) is 9.08. The smallest absolute Gasteiger partial charge is 0.339 e. The molecule has 1 aromatic carbocycles. The van der Waals surface area contributed by atoms with Crippen molar-refractivity contribution in [2.24, 2.45) is 0 Å². The van der Waals surface area contributed by atoms with Crippen LogP contribution in [0, 0.1) is 24.1 Å². The number of benzene rings is 1. The molecule has 20 heavy (non-hydrogen) atoms. The lowest BCUT2D eigenvalue weighted by Gasteiger charge is -2.07. The minimum Gasteiger partial charge on any atom is -0.462 e. The first-order valence-corrected chi connectivity index (χ1v) is 6.23. The Hall–Kier alpha value is -2.48. The molecule has 0 saturated heterocycles. The molecule has 0 saturated carbocycles. The first kappa shape index (κ1) is 13.9. The van der Waals surface area contributed by atoms with E-state index >= 15 is 0 Å². The molecular weight excluding hydrogens is 259 g/mol. The molecule has 4 nitrogen and oxygen atoms in total. The van der Waals surface area contributed by atoms with Crippen LogP contribution in [0.25, 0.3) is 10.9 Å². The topological polar surface area (TPSA) is 63.0 Å². The van der Waals surface area contributed by atoms with Crippen LogP contribution >= 0.6 is 0 Å². The number of nitriles is 1. The molecule has 5 heteroatoms. The second kappa shape index (κ2) is 6.11. The van der Waals surface area contributed by atoms with Gasteiger partial charge >= 0.3 is 5.97 Å². The monoisotopic (exact) mass is 272 g/mol. The third kappa shape index (κ3) is 3.09. The molecule has 0 fully saturated rings. The van der Waals surface area contributed by atoms with E-state index < -0.39 is 5.97 Å². The molecule has 2 rings (SSSR count). The third-order valence-electron chi connectivity index (χ3n) is 2.86. The van der Waals surface area contributed by atoms with Crippen LogP contribution in [-0.2, 0) is 4.74 Å². The first-order valence-electron chi connectivity index (χ1n) is 6.23. The normalized spacial score (nSPS) is 10.2. The van der Waals surface area contributed by atoms with Gasteiger partial charge in [0.2, 0.25) is 0 Å². The summed E-state index contributed by atoms with van der Waals surface area (Å²) < 4.78 is 18.2. The summed E-state index contributed by atoms with van der Waals surface area (Å²) in [4.78, 5) is 16.1. The van der Waals surface area contributed by atoms with Gasteiger partial charge in [-0.25, -0.2) is 9.18 Å². The fraction of sp³-hybridized carbons (Fsp3) is 0.267. The number of carbonyl (C=O) groups is 1. The van der Waals surface area contributed by atoms with Crippen molar-refractivity contribution in [1.82, 2.24) is 4.98 Å². The van der Waals surface area contributed by atoms with E-state index in [0.29, 0.717) is 35.0 Å². The zero-order chi connectivity index (χ0) is 14.5. The van der Waals surface area contributed by atoms with E-state index in [0.717, 1.165) is 0 Å².